The van der Waals surface area contributed by atoms with Crippen LogP contribution in [0.1, 0.15) is 0 Å². The molecule has 6 aromatic carbocycles. The van der Waals surface area contributed by atoms with Crippen LogP contribution in [0, 0.1) is 0 Å². The van der Waals surface area contributed by atoms with Crippen molar-refractivity contribution in [2.75, 3.05) is 0 Å². The molecule has 4 heteroatoms. The number of ether oxygens (including phenoxy) is 2. The van der Waals surface area contributed by atoms with E-state index in [0.717, 1.165) is 28.5 Å². The van der Waals surface area contributed by atoms with E-state index in [2.05, 4.69) is 152 Å². The summed E-state index contributed by atoms with van der Waals surface area (Å²) >= 11 is 0. The zero-order chi connectivity index (χ0) is 26.5. The topological polar surface area (TPSA) is 18.5 Å². The van der Waals surface area contributed by atoms with Crippen LogP contribution >= 0.6 is 0 Å². The number of rotatable bonds is 4. The van der Waals surface area contributed by atoms with Crippen molar-refractivity contribution in [2.24, 2.45) is 0 Å². The molecule has 0 atom stereocenters. The van der Waals surface area contributed by atoms with Crippen molar-refractivity contribution in [3.8, 4) is 23.0 Å². The lowest BCUT2D eigenvalue weighted by atomic mass is 9.35. The number of hydrogen-bond donors (Lipinski definition) is 0. The van der Waals surface area contributed by atoms with Crippen LogP contribution in [-0.2, 0) is 0 Å². The van der Waals surface area contributed by atoms with Gasteiger partial charge in [0, 0.05) is 5.46 Å². The molecule has 0 saturated heterocycles. The van der Waals surface area contributed by atoms with Crippen LogP contribution in [0.2, 0.25) is 0 Å². The first-order chi connectivity index (χ1) is 19.8. The Kier molecular flexibility index (Phi) is 5.29. The molecule has 2 aliphatic rings. The normalized spacial score (nSPS) is 12.8. The maximum absolute atomic E-state index is 6.72. The summed E-state index contributed by atoms with van der Waals surface area (Å²) in [6.07, 6.45) is 0. The first-order valence-electron chi connectivity index (χ1n) is 13.7. The van der Waals surface area contributed by atoms with Crippen molar-refractivity contribution in [2.45, 2.75) is 0 Å². The van der Waals surface area contributed by atoms with Gasteiger partial charge >= 0.3 is 0 Å². The van der Waals surface area contributed by atoms with Crippen molar-refractivity contribution >= 4 is 51.9 Å². The molecule has 0 amide bonds. The molecule has 6 aromatic rings. The molecule has 2 nitrogen and oxygen atoms in total. The van der Waals surface area contributed by atoms with Crippen LogP contribution in [0.25, 0.3) is 0 Å². The average Bonchev–Trinajstić information content (AvgIpc) is 3.03. The van der Waals surface area contributed by atoms with Gasteiger partial charge in [-0.25, -0.2) is 0 Å². The molecule has 188 valence electrons. The number of para-hydroxylation sites is 2. The second-order valence-corrected chi connectivity index (χ2v) is 14.3. The molecule has 0 aromatic heterocycles. The molecule has 40 heavy (non-hydrogen) atoms. The highest BCUT2D eigenvalue weighted by Crippen LogP contribution is 2.34. The molecule has 0 radical (unpaired) electrons. The van der Waals surface area contributed by atoms with Gasteiger partial charge in [0.05, 0.1) is 0 Å². The quantitative estimate of drug-likeness (QED) is 0.256. The first-order valence-corrected chi connectivity index (χ1v) is 15.7. The number of benzene rings is 6. The lowest BCUT2D eigenvalue weighted by molar-refractivity contribution is 0.465. The minimum absolute atomic E-state index is 0.0650. The van der Waals surface area contributed by atoms with E-state index in [4.69, 9.17) is 9.47 Å². The Morgan fingerprint density at radius 3 is 1.18 bits per heavy atom. The summed E-state index contributed by atoms with van der Waals surface area (Å²) in [6, 6.07) is 54.3. The summed E-state index contributed by atoms with van der Waals surface area (Å²) in [5, 5.41) is 5.21. The Morgan fingerprint density at radius 2 is 0.750 bits per heavy atom. The zero-order valence-electron chi connectivity index (χ0n) is 21.8. The SMILES string of the molecule is c1ccc([Si](c2ccccc2)(c2ccccc2)c2cc3c4c(c2)Oc2ccccc2B4c2ccccc2O3)cc1. The highest BCUT2D eigenvalue weighted by Gasteiger charge is 2.45. The van der Waals surface area contributed by atoms with Crippen LogP contribution in [0.3, 0.4) is 0 Å². The summed E-state index contributed by atoms with van der Waals surface area (Å²) in [6.45, 7) is 0.0650. The van der Waals surface area contributed by atoms with E-state index in [9.17, 15) is 0 Å². The molecular formula is C36H25BO2Si. The van der Waals surface area contributed by atoms with Gasteiger partial charge < -0.3 is 9.47 Å². The summed E-state index contributed by atoms with van der Waals surface area (Å²) < 4.78 is 13.4. The smallest absolute Gasteiger partial charge is 0.260 e. The summed E-state index contributed by atoms with van der Waals surface area (Å²) in [4.78, 5) is 0. The van der Waals surface area contributed by atoms with Crippen molar-refractivity contribution in [3.63, 3.8) is 0 Å². The van der Waals surface area contributed by atoms with E-state index in [0.29, 0.717) is 0 Å². The summed E-state index contributed by atoms with van der Waals surface area (Å²) in [5.74, 6) is 3.58. The molecule has 2 heterocycles. The summed E-state index contributed by atoms with van der Waals surface area (Å²) in [7, 11) is -2.75. The predicted molar refractivity (Wildman–Crippen MR) is 168 cm³/mol. The second-order valence-electron chi connectivity index (χ2n) is 10.4. The molecule has 0 bridgehead atoms. The minimum atomic E-state index is -2.75. The first kappa shape index (κ1) is 23.1. The van der Waals surface area contributed by atoms with Gasteiger partial charge in [0.15, 0.2) is 8.07 Å². The van der Waals surface area contributed by atoms with Crippen molar-refractivity contribution in [1.82, 2.24) is 0 Å². The Morgan fingerprint density at radius 1 is 0.375 bits per heavy atom. The Balaban J connectivity index is 1.47. The molecule has 8 rings (SSSR count). The molecular weight excluding hydrogens is 503 g/mol. The third-order valence-electron chi connectivity index (χ3n) is 8.35. The molecule has 0 aliphatic carbocycles. The fraction of sp³-hybridized carbons (Fsp3) is 0. The number of fused-ring (bicyclic) bond motifs is 4. The van der Waals surface area contributed by atoms with Gasteiger partial charge in [0.2, 0.25) is 0 Å². The highest BCUT2D eigenvalue weighted by molar-refractivity contribution is 7.20. The van der Waals surface area contributed by atoms with E-state index in [1.54, 1.807) is 0 Å². The van der Waals surface area contributed by atoms with Gasteiger partial charge in [-0.3, -0.25) is 0 Å². The van der Waals surface area contributed by atoms with Gasteiger partial charge in [0.1, 0.15) is 23.0 Å². The fourth-order valence-electron chi connectivity index (χ4n) is 6.67. The van der Waals surface area contributed by atoms with Crippen molar-refractivity contribution in [1.29, 1.82) is 0 Å². The Bertz CT molecular complexity index is 1690. The maximum atomic E-state index is 6.72. The molecule has 2 aliphatic heterocycles. The second kappa shape index (κ2) is 9.15. The predicted octanol–water partition coefficient (Wildman–Crippen LogP) is 3.79. The maximum Gasteiger partial charge on any atom is 0.260 e. The van der Waals surface area contributed by atoms with Gasteiger partial charge in [-0.05, 0) is 55.9 Å². The van der Waals surface area contributed by atoms with Crippen LogP contribution in [0.5, 0.6) is 23.0 Å². The third kappa shape index (κ3) is 3.36. The van der Waals surface area contributed by atoms with Crippen molar-refractivity contribution < 1.29 is 9.47 Å². The van der Waals surface area contributed by atoms with Crippen LogP contribution in [0.15, 0.2) is 152 Å². The van der Waals surface area contributed by atoms with Crippen LogP contribution < -0.4 is 46.6 Å². The van der Waals surface area contributed by atoms with Gasteiger partial charge in [0.25, 0.3) is 6.71 Å². The lowest BCUT2D eigenvalue weighted by Crippen LogP contribution is -2.75. The number of hydrogen-bond acceptors (Lipinski definition) is 2. The van der Waals surface area contributed by atoms with E-state index < -0.39 is 8.07 Å². The monoisotopic (exact) mass is 528 g/mol. The highest BCUT2D eigenvalue weighted by atomic mass is 28.3. The van der Waals surface area contributed by atoms with Gasteiger partial charge in [-0.1, -0.05) is 127 Å². The van der Waals surface area contributed by atoms with E-state index in [1.165, 1.54) is 31.7 Å². The molecule has 0 spiro atoms. The van der Waals surface area contributed by atoms with Crippen LogP contribution in [0.4, 0.5) is 0 Å². The third-order valence-corrected chi connectivity index (χ3v) is 13.1. The average molecular weight is 528 g/mol. The van der Waals surface area contributed by atoms with E-state index >= 15 is 0 Å². The fourth-order valence-corrected chi connectivity index (χ4v) is 11.4. The molecule has 0 unspecified atom stereocenters. The van der Waals surface area contributed by atoms with Crippen LogP contribution in [-0.4, -0.2) is 14.8 Å². The Labute approximate surface area is 235 Å². The lowest BCUT2D eigenvalue weighted by Gasteiger charge is -2.38. The summed E-state index contributed by atoms with van der Waals surface area (Å²) in [5.41, 5.74) is 3.47. The van der Waals surface area contributed by atoms with E-state index in [-0.39, 0.29) is 6.71 Å². The van der Waals surface area contributed by atoms with Gasteiger partial charge in [-0.2, -0.15) is 0 Å². The van der Waals surface area contributed by atoms with E-state index in [1.807, 2.05) is 0 Å². The minimum Gasteiger partial charge on any atom is -0.458 e. The standard InChI is InChI=1S/C36H25BO2Si/c1-4-14-26(15-5-1)40(27-16-6-2-7-17-27,28-18-8-3-9-19-28)29-24-34-36-35(25-29)39-33-23-13-11-21-31(33)37(36)30-20-10-12-22-32(30)38-34/h1-25H. The molecule has 0 saturated carbocycles. The molecule has 0 N–H and O–H groups in total. The Hall–Kier alpha value is -4.80. The largest absolute Gasteiger partial charge is 0.458 e. The van der Waals surface area contributed by atoms with Crippen molar-refractivity contribution in [3.05, 3.63) is 152 Å². The molecule has 0 fully saturated rings. The zero-order valence-corrected chi connectivity index (χ0v) is 22.8. The van der Waals surface area contributed by atoms with Gasteiger partial charge in [-0.15, -0.1) is 0 Å².